The molecule has 5 rings (SSSR count). The fourth-order valence-corrected chi connectivity index (χ4v) is 4.59. The molecule has 180 valence electrons. The van der Waals surface area contributed by atoms with Gasteiger partial charge in [-0.05, 0) is 37.0 Å². The molecule has 0 aliphatic carbocycles. The second-order valence-electron chi connectivity index (χ2n) is 8.48. The second kappa shape index (κ2) is 9.87. The topological polar surface area (TPSA) is 96.0 Å². The zero-order valence-corrected chi connectivity index (χ0v) is 19.8. The lowest BCUT2D eigenvalue weighted by Crippen LogP contribution is -2.42. The third kappa shape index (κ3) is 4.77. The number of likely N-dealkylation sites (tertiary alicyclic amines) is 1. The number of fused-ring (bicyclic) bond motifs is 1. The summed E-state index contributed by atoms with van der Waals surface area (Å²) < 4.78 is 19.9. The van der Waals surface area contributed by atoms with Crippen LogP contribution < -0.4 is 10.1 Å². The van der Waals surface area contributed by atoms with E-state index in [4.69, 9.17) is 16.3 Å². The van der Waals surface area contributed by atoms with Crippen LogP contribution in [0.4, 0.5) is 10.2 Å². The van der Waals surface area contributed by atoms with Crippen molar-refractivity contribution in [3.8, 4) is 17.1 Å². The quantitative estimate of drug-likeness (QED) is 0.400. The molecule has 2 N–H and O–H groups in total. The molecular weight excluding hydrogens is 471 g/mol. The summed E-state index contributed by atoms with van der Waals surface area (Å²) in [5.41, 5.74) is 1.88. The summed E-state index contributed by atoms with van der Waals surface area (Å²) in [6, 6.07) is 8.99. The molecule has 4 heterocycles. The highest BCUT2D eigenvalue weighted by Crippen LogP contribution is 2.29. The molecule has 10 heteroatoms. The minimum Gasteiger partial charge on any atom is -0.496 e. The van der Waals surface area contributed by atoms with Gasteiger partial charge in [0, 0.05) is 43.0 Å². The van der Waals surface area contributed by atoms with Crippen molar-refractivity contribution in [1.82, 2.24) is 24.8 Å². The Morgan fingerprint density at radius 3 is 3.03 bits per heavy atom. The van der Waals surface area contributed by atoms with Gasteiger partial charge < -0.3 is 19.9 Å². The SMILES string of the molecule is COc1ccccc1C(=O)N1CCC[C@@H](CNc2nc(-c3c[nH]c4ncc(Cl)cc34)ncc2F)C1. The summed E-state index contributed by atoms with van der Waals surface area (Å²) in [6.07, 6.45) is 6.23. The molecule has 0 spiro atoms. The van der Waals surface area contributed by atoms with E-state index in [1.165, 1.54) is 0 Å². The number of nitrogens with one attached hydrogen (secondary N) is 2. The Kier molecular flexibility index (Phi) is 6.50. The van der Waals surface area contributed by atoms with Crippen molar-refractivity contribution in [3.63, 3.8) is 0 Å². The van der Waals surface area contributed by atoms with Gasteiger partial charge in [-0.25, -0.2) is 19.3 Å². The van der Waals surface area contributed by atoms with Crippen LogP contribution in [-0.4, -0.2) is 57.5 Å². The number of piperidine rings is 1. The number of benzene rings is 1. The lowest BCUT2D eigenvalue weighted by molar-refractivity contribution is 0.0677. The molecule has 0 saturated carbocycles. The van der Waals surface area contributed by atoms with Gasteiger partial charge in [0.05, 0.1) is 23.9 Å². The molecule has 1 atom stereocenters. The first-order valence-corrected chi connectivity index (χ1v) is 11.7. The summed E-state index contributed by atoms with van der Waals surface area (Å²) >= 11 is 6.09. The Bertz CT molecular complexity index is 1380. The highest BCUT2D eigenvalue weighted by atomic mass is 35.5. The van der Waals surface area contributed by atoms with Gasteiger partial charge in [0.1, 0.15) is 11.4 Å². The molecule has 1 saturated heterocycles. The number of carbonyl (C=O) groups is 1. The zero-order chi connectivity index (χ0) is 24.4. The van der Waals surface area contributed by atoms with Crippen LogP contribution in [0.25, 0.3) is 22.4 Å². The van der Waals surface area contributed by atoms with Gasteiger partial charge in [0.25, 0.3) is 5.91 Å². The van der Waals surface area contributed by atoms with E-state index in [1.807, 2.05) is 17.0 Å². The van der Waals surface area contributed by atoms with Crippen molar-refractivity contribution in [3.05, 3.63) is 65.3 Å². The zero-order valence-electron chi connectivity index (χ0n) is 19.1. The van der Waals surface area contributed by atoms with Crippen LogP contribution in [0.15, 0.2) is 48.9 Å². The van der Waals surface area contributed by atoms with E-state index >= 15 is 0 Å². The van der Waals surface area contributed by atoms with Gasteiger partial charge in [0.15, 0.2) is 17.5 Å². The average Bonchev–Trinajstić information content (AvgIpc) is 3.31. The first-order chi connectivity index (χ1) is 17.0. The van der Waals surface area contributed by atoms with Crippen LogP contribution in [0.1, 0.15) is 23.2 Å². The molecule has 1 aliphatic heterocycles. The standard InChI is InChI=1S/C25H24ClFN6O2/c1-35-21-7-3-2-6-17(21)25(34)33-8-4-5-15(14-33)10-28-24-20(27)13-31-23(32-24)19-12-30-22-18(19)9-16(26)11-29-22/h2-3,6-7,9,11-13,15H,4-5,8,10,14H2,1H3,(H,29,30)(H,28,31,32)/t15-/m0/s1. The molecule has 3 aromatic heterocycles. The lowest BCUT2D eigenvalue weighted by Gasteiger charge is -2.33. The minimum atomic E-state index is -0.539. The number of pyridine rings is 1. The highest BCUT2D eigenvalue weighted by molar-refractivity contribution is 6.31. The Morgan fingerprint density at radius 1 is 1.31 bits per heavy atom. The van der Waals surface area contributed by atoms with E-state index in [0.29, 0.717) is 53.0 Å². The third-order valence-corrected chi connectivity index (χ3v) is 6.39. The van der Waals surface area contributed by atoms with Gasteiger partial charge in [-0.2, -0.15) is 0 Å². The molecule has 1 amide bonds. The molecule has 4 aromatic rings. The number of carbonyl (C=O) groups excluding carboxylic acids is 1. The second-order valence-corrected chi connectivity index (χ2v) is 8.92. The van der Waals surface area contributed by atoms with Gasteiger partial charge in [-0.3, -0.25) is 4.79 Å². The van der Waals surface area contributed by atoms with Crippen molar-refractivity contribution < 1.29 is 13.9 Å². The predicted molar refractivity (Wildman–Crippen MR) is 132 cm³/mol. The predicted octanol–water partition coefficient (Wildman–Crippen LogP) is 4.79. The van der Waals surface area contributed by atoms with Gasteiger partial charge in [-0.15, -0.1) is 0 Å². The van der Waals surface area contributed by atoms with Crippen LogP contribution in [0, 0.1) is 11.7 Å². The van der Waals surface area contributed by atoms with E-state index in [-0.39, 0.29) is 17.6 Å². The summed E-state index contributed by atoms with van der Waals surface area (Å²) in [5, 5.41) is 4.37. The lowest BCUT2D eigenvalue weighted by atomic mass is 9.97. The van der Waals surface area contributed by atoms with E-state index in [1.54, 1.807) is 37.7 Å². The summed E-state index contributed by atoms with van der Waals surface area (Å²) in [6.45, 7) is 1.72. The maximum Gasteiger partial charge on any atom is 0.257 e. The van der Waals surface area contributed by atoms with Crippen molar-refractivity contribution in [2.24, 2.45) is 5.92 Å². The van der Waals surface area contributed by atoms with Crippen molar-refractivity contribution in [2.75, 3.05) is 32.1 Å². The Labute approximate surface area is 206 Å². The molecule has 35 heavy (non-hydrogen) atoms. The molecule has 0 unspecified atom stereocenters. The fraction of sp³-hybridized carbons (Fsp3) is 0.280. The van der Waals surface area contributed by atoms with Crippen molar-refractivity contribution in [2.45, 2.75) is 12.8 Å². The number of hydrogen-bond acceptors (Lipinski definition) is 6. The average molecular weight is 495 g/mol. The van der Waals surface area contributed by atoms with Crippen LogP contribution in [-0.2, 0) is 0 Å². The monoisotopic (exact) mass is 494 g/mol. The summed E-state index contributed by atoms with van der Waals surface area (Å²) in [4.78, 5) is 30.8. The Balaban J connectivity index is 1.29. The molecule has 8 nitrogen and oxygen atoms in total. The number of H-pyrrole nitrogens is 1. The number of halogens is 2. The number of aromatic amines is 1. The van der Waals surface area contributed by atoms with Crippen molar-refractivity contribution >= 4 is 34.4 Å². The number of aromatic nitrogens is 4. The number of anilines is 1. The number of methoxy groups -OCH3 is 1. The van der Waals surface area contributed by atoms with Gasteiger partial charge >= 0.3 is 0 Å². The Hall–Kier alpha value is -3.72. The van der Waals surface area contributed by atoms with E-state index < -0.39 is 5.82 Å². The smallest absolute Gasteiger partial charge is 0.257 e. The van der Waals surface area contributed by atoms with Crippen LogP contribution in [0.2, 0.25) is 5.02 Å². The van der Waals surface area contributed by atoms with E-state index in [0.717, 1.165) is 24.4 Å². The number of ether oxygens (including phenoxy) is 1. The molecule has 0 radical (unpaired) electrons. The number of para-hydroxylation sites is 1. The van der Waals surface area contributed by atoms with Crippen LogP contribution in [0.3, 0.4) is 0 Å². The molecule has 1 aromatic carbocycles. The number of nitrogens with zero attached hydrogens (tertiary/aromatic N) is 4. The van der Waals surface area contributed by atoms with Gasteiger partial charge in [0.2, 0.25) is 0 Å². The number of rotatable bonds is 6. The highest BCUT2D eigenvalue weighted by Gasteiger charge is 2.26. The van der Waals surface area contributed by atoms with Crippen molar-refractivity contribution in [1.29, 1.82) is 0 Å². The third-order valence-electron chi connectivity index (χ3n) is 6.18. The van der Waals surface area contributed by atoms with Crippen LogP contribution in [0.5, 0.6) is 5.75 Å². The molecular formula is C25H24ClFN6O2. The maximum atomic E-state index is 14.5. The van der Waals surface area contributed by atoms with Crippen LogP contribution >= 0.6 is 11.6 Å². The first kappa shape index (κ1) is 23.0. The number of amides is 1. The fourth-order valence-electron chi connectivity index (χ4n) is 4.43. The van der Waals surface area contributed by atoms with E-state index in [2.05, 4.69) is 25.3 Å². The first-order valence-electron chi connectivity index (χ1n) is 11.3. The maximum absolute atomic E-state index is 14.5. The minimum absolute atomic E-state index is 0.0609. The largest absolute Gasteiger partial charge is 0.496 e. The molecule has 1 fully saturated rings. The number of hydrogen-bond donors (Lipinski definition) is 2. The molecule has 1 aliphatic rings. The Morgan fingerprint density at radius 2 is 2.17 bits per heavy atom. The normalized spacial score (nSPS) is 15.9. The van der Waals surface area contributed by atoms with Gasteiger partial charge in [-0.1, -0.05) is 23.7 Å². The summed E-state index contributed by atoms with van der Waals surface area (Å²) in [5.74, 6) is 0.587. The summed E-state index contributed by atoms with van der Waals surface area (Å²) in [7, 11) is 1.56. The van der Waals surface area contributed by atoms with E-state index in [9.17, 15) is 9.18 Å². The molecule has 0 bridgehead atoms.